The fraction of sp³-hybridized carbons (Fsp3) is 0.923. The van der Waals surface area contributed by atoms with Crippen LogP contribution in [0, 0.1) is 5.92 Å². The lowest BCUT2D eigenvalue weighted by Gasteiger charge is -2.21. The molecule has 1 fully saturated rings. The van der Waals surface area contributed by atoms with Crippen LogP contribution in [0.1, 0.15) is 19.8 Å². The number of carbonyl (C=O) groups is 1. The number of methoxy groups -OCH3 is 1. The Balaban J connectivity index is 1.91. The molecule has 1 rings (SSSR count). The molecular formula is C13H25NO5. The minimum atomic E-state index is -0.844. The van der Waals surface area contributed by atoms with E-state index < -0.39 is 5.54 Å². The van der Waals surface area contributed by atoms with E-state index in [-0.39, 0.29) is 18.5 Å². The highest BCUT2D eigenvalue weighted by Crippen LogP contribution is 2.38. The van der Waals surface area contributed by atoms with Gasteiger partial charge in [0.05, 0.1) is 33.0 Å². The van der Waals surface area contributed by atoms with Crippen LogP contribution in [0.3, 0.4) is 0 Å². The molecule has 6 nitrogen and oxygen atoms in total. The van der Waals surface area contributed by atoms with Crippen LogP contribution in [0.25, 0.3) is 0 Å². The summed E-state index contributed by atoms with van der Waals surface area (Å²) in [7, 11) is 1.63. The first-order valence-corrected chi connectivity index (χ1v) is 6.69. The average molecular weight is 275 g/mol. The first-order chi connectivity index (χ1) is 9.09. The van der Waals surface area contributed by atoms with E-state index in [4.69, 9.17) is 24.7 Å². The predicted molar refractivity (Wildman–Crippen MR) is 69.8 cm³/mol. The van der Waals surface area contributed by atoms with Crippen molar-refractivity contribution < 1.29 is 23.7 Å². The molecular weight excluding hydrogens is 250 g/mol. The molecule has 0 saturated heterocycles. The lowest BCUT2D eigenvalue weighted by atomic mass is 9.98. The molecule has 0 aromatic heterocycles. The third kappa shape index (κ3) is 6.33. The zero-order chi connectivity index (χ0) is 14.1. The summed E-state index contributed by atoms with van der Waals surface area (Å²) in [6.45, 7) is 4.45. The van der Waals surface area contributed by atoms with Gasteiger partial charge in [-0.3, -0.25) is 4.79 Å². The van der Waals surface area contributed by atoms with Gasteiger partial charge in [0.2, 0.25) is 0 Å². The van der Waals surface area contributed by atoms with Crippen molar-refractivity contribution in [2.45, 2.75) is 25.3 Å². The maximum atomic E-state index is 11.7. The van der Waals surface area contributed by atoms with Gasteiger partial charge in [0.25, 0.3) is 0 Å². The lowest BCUT2D eigenvalue weighted by molar-refractivity contribution is -0.152. The molecule has 0 aromatic carbocycles. The second-order valence-electron chi connectivity index (χ2n) is 4.91. The summed E-state index contributed by atoms with van der Waals surface area (Å²) in [5, 5.41) is 0. The molecule has 19 heavy (non-hydrogen) atoms. The zero-order valence-corrected chi connectivity index (χ0v) is 11.9. The van der Waals surface area contributed by atoms with Gasteiger partial charge in [-0.25, -0.2) is 0 Å². The predicted octanol–water partition coefficient (Wildman–Crippen LogP) is 0.337. The SMILES string of the molecule is COCCOCCOCCOC(=O)C(C)(N)C1CC1. The van der Waals surface area contributed by atoms with E-state index in [9.17, 15) is 4.79 Å². The number of carbonyl (C=O) groups excluding carboxylic acids is 1. The molecule has 1 unspecified atom stereocenters. The minimum absolute atomic E-state index is 0.233. The lowest BCUT2D eigenvalue weighted by Crippen LogP contribution is -2.48. The Labute approximate surface area is 114 Å². The zero-order valence-electron chi connectivity index (χ0n) is 11.9. The Morgan fingerprint density at radius 1 is 1.11 bits per heavy atom. The molecule has 1 aliphatic rings. The van der Waals surface area contributed by atoms with Gasteiger partial charge in [0, 0.05) is 7.11 Å². The van der Waals surface area contributed by atoms with Crippen molar-refractivity contribution in [2.75, 3.05) is 46.8 Å². The van der Waals surface area contributed by atoms with Crippen molar-refractivity contribution in [1.82, 2.24) is 0 Å². The number of rotatable bonds is 11. The summed E-state index contributed by atoms with van der Waals surface area (Å²) >= 11 is 0. The minimum Gasteiger partial charge on any atom is -0.462 e. The largest absolute Gasteiger partial charge is 0.462 e. The first-order valence-electron chi connectivity index (χ1n) is 6.69. The van der Waals surface area contributed by atoms with E-state index in [0.717, 1.165) is 12.8 Å². The number of esters is 1. The summed E-state index contributed by atoms with van der Waals surface area (Å²) in [5.74, 6) is -0.0648. The molecule has 0 aliphatic heterocycles. The highest BCUT2D eigenvalue weighted by molar-refractivity contribution is 5.80. The van der Waals surface area contributed by atoms with Crippen molar-refractivity contribution in [3.8, 4) is 0 Å². The highest BCUT2D eigenvalue weighted by Gasteiger charge is 2.45. The number of hydrogen-bond donors (Lipinski definition) is 1. The number of nitrogens with two attached hydrogens (primary N) is 1. The second kappa shape index (κ2) is 8.47. The monoisotopic (exact) mass is 275 g/mol. The quantitative estimate of drug-likeness (QED) is 0.432. The number of ether oxygens (including phenoxy) is 4. The third-order valence-electron chi connectivity index (χ3n) is 3.13. The molecule has 0 spiro atoms. The molecule has 1 atom stereocenters. The molecule has 0 heterocycles. The summed E-state index contributed by atoms with van der Waals surface area (Å²) < 4.78 is 20.4. The van der Waals surface area contributed by atoms with Gasteiger partial charge in [-0.05, 0) is 25.7 Å². The van der Waals surface area contributed by atoms with Crippen LogP contribution in [-0.4, -0.2) is 58.3 Å². The Bertz CT molecular complexity index is 266. The summed E-state index contributed by atoms with van der Waals surface area (Å²) in [4.78, 5) is 11.7. The van der Waals surface area contributed by atoms with Gasteiger partial charge in [0.15, 0.2) is 0 Å². The molecule has 112 valence electrons. The van der Waals surface area contributed by atoms with Crippen molar-refractivity contribution in [2.24, 2.45) is 11.7 Å². The Morgan fingerprint density at radius 3 is 2.16 bits per heavy atom. The molecule has 6 heteroatoms. The van der Waals surface area contributed by atoms with Gasteiger partial charge in [-0.1, -0.05) is 0 Å². The molecule has 0 amide bonds. The molecule has 1 saturated carbocycles. The first kappa shape index (κ1) is 16.4. The van der Waals surface area contributed by atoms with Crippen LogP contribution in [0.15, 0.2) is 0 Å². The maximum absolute atomic E-state index is 11.7. The van der Waals surface area contributed by atoms with Gasteiger partial charge in [0.1, 0.15) is 12.1 Å². The van der Waals surface area contributed by atoms with Crippen LogP contribution in [0.4, 0.5) is 0 Å². The van der Waals surface area contributed by atoms with E-state index in [1.807, 2.05) is 0 Å². The Kier molecular flexibility index (Phi) is 7.30. The van der Waals surface area contributed by atoms with Crippen LogP contribution in [0.2, 0.25) is 0 Å². The highest BCUT2D eigenvalue weighted by atomic mass is 16.6. The molecule has 0 bridgehead atoms. The topological polar surface area (TPSA) is 80.0 Å². The van der Waals surface area contributed by atoms with Crippen LogP contribution >= 0.6 is 0 Å². The average Bonchev–Trinajstić information content (AvgIpc) is 3.21. The Hall–Kier alpha value is -0.690. The van der Waals surface area contributed by atoms with Crippen molar-refractivity contribution in [1.29, 1.82) is 0 Å². The van der Waals surface area contributed by atoms with Crippen LogP contribution in [-0.2, 0) is 23.7 Å². The summed E-state index contributed by atoms with van der Waals surface area (Å²) in [5.41, 5.74) is 5.08. The number of hydrogen-bond acceptors (Lipinski definition) is 6. The fourth-order valence-electron chi connectivity index (χ4n) is 1.66. The van der Waals surface area contributed by atoms with Crippen molar-refractivity contribution in [3.63, 3.8) is 0 Å². The Morgan fingerprint density at radius 2 is 1.63 bits per heavy atom. The van der Waals surface area contributed by atoms with E-state index in [1.54, 1.807) is 14.0 Å². The smallest absolute Gasteiger partial charge is 0.326 e. The third-order valence-corrected chi connectivity index (χ3v) is 3.13. The van der Waals surface area contributed by atoms with Gasteiger partial charge in [-0.2, -0.15) is 0 Å². The molecule has 1 aliphatic carbocycles. The van der Waals surface area contributed by atoms with E-state index in [2.05, 4.69) is 0 Å². The van der Waals surface area contributed by atoms with Gasteiger partial charge < -0.3 is 24.7 Å². The van der Waals surface area contributed by atoms with Crippen LogP contribution < -0.4 is 5.73 Å². The van der Waals surface area contributed by atoms with E-state index in [1.165, 1.54) is 0 Å². The maximum Gasteiger partial charge on any atom is 0.326 e. The summed E-state index contributed by atoms with van der Waals surface area (Å²) in [6.07, 6.45) is 2.02. The molecule has 2 N–H and O–H groups in total. The molecule has 0 aromatic rings. The molecule has 0 radical (unpaired) electrons. The second-order valence-corrected chi connectivity index (χ2v) is 4.91. The summed E-state index contributed by atoms with van der Waals surface area (Å²) in [6, 6.07) is 0. The van der Waals surface area contributed by atoms with Gasteiger partial charge >= 0.3 is 5.97 Å². The standard InChI is InChI=1S/C13H25NO5/c1-13(14,11-3-4-11)12(15)19-10-9-18-8-7-17-6-5-16-2/h11H,3-10,14H2,1-2H3. The van der Waals surface area contributed by atoms with Crippen molar-refractivity contribution in [3.05, 3.63) is 0 Å². The van der Waals surface area contributed by atoms with E-state index >= 15 is 0 Å². The van der Waals surface area contributed by atoms with Crippen LogP contribution in [0.5, 0.6) is 0 Å². The fourth-order valence-corrected chi connectivity index (χ4v) is 1.66. The van der Waals surface area contributed by atoms with Gasteiger partial charge in [-0.15, -0.1) is 0 Å². The van der Waals surface area contributed by atoms with Crippen molar-refractivity contribution >= 4 is 5.97 Å². The van der Waals surface area contributed by atoms with E-state index in [0.29, 0.717) is 33.0 Å². The normalized spacial score (nSPS) is 18.1.